The number of anilines is 1. The minimum Gasteiger partial charge on any atom is -0.396 e. The lowest BCUT2D eigenvalue weighted by atomic mass is 9.92. The van der Waals surface area contributed by atoms with Gasteiger partial charge in [0.2, 0.25) is 5.91 Å². The van der Waals surface area contributed by atoms with Crippen LogP contribution in [0, 0.1) is 5.41 Å². The fraction of sp³-hybridized carbons (Fsp3) is 0.621. The van der Waals surface area contributed by atoms with E-state index in [4.69, 9.17) is 15.7 Å². The summed E-state index contributed by atoms with van der Waals surface area (Å²) in [5.41, 5.74) is 9.44. The van der Waals surface area contributed by atoms with E-state index in [-0.39, 0.29) is 19.1 Å². The highest BCUT2D eigenvalue weighted by atomic mass is 16.3. The summed E-state index contributed by atoms with van der Waals surface area (Å²) in [5, 5.41) is 21.0. The molecular weight excluding hydrogens is 480 g/mol. The van der Waals surface area contributed by atoms with Gasteiger partial charge >= 0.3 is 0 Å². The van der Waals surface area contributed by atoms with Gasteiger partial charge in [0.15, 0.2) is 5.82 Å². The molecule has 0 unspecified atom stereocenters. The third kappa shape index (κ3) is 6.11. The van der Waals surface area contributed by atoms with Gasteiger partial charge < -0.3 is 25.4 Å². The molecule has 0 atom stereocenters. The minimum absolute atomic E-state index is 0.122. The van der Waals surface area contributed by atoms with E-state index in [1.165, 1.54) is 5.56 Å². The van der Waals surface area contributed by atoms with Gasteiger partial charge in [-0.05, 0) is 37.4 Å². The number of aromatic nitrogens is 3. The molecule has 9 nitrogen and oxygen atoms in total. The van der Waals surface area contributed by atoms with E-state index in [2.05, 4.69) is 34.6 Å². The molecule has 1 aromatic carbocycles. The summed E-state index contributed by atoms with van der Waals surface area (Å²) in [6.07, 6.45) is 5.41. The molecule has 4 N–H and O–H groups in total. The molecule has 38 heavy (non-hydrogen) atoms. The zero-order chi connectivity index (χ0) is 27.3. The molecule has 3 heterocycles. The van der Waals surface area contributed by atoms with Gasteiger partial charge in [-0.2, -0.15) is 0 Å². The molecule has 4 rings (SSSR count). The molecular formula is C29H44N6O3. The van der Waals surface area contributed by atoms with Crippen molar-refractivity contribution in [2.24, 2.45) is 5.41 Å². The summed E-state index contributed by atoms with van der Waals surface area (Å²) < 4.78 is 2.14. The Labute approximate surface area is 225 Å². The van der Waals surface area contributed by atoms with Crippen LogP contribution in [-0.2, 0) is 24.2 Å². The smallest absolute Gasteiger partial charge is 0.222 e. The van der Waals surface area contributed by atoms with Gasteiger partial charge in [-0.3, -0.25) is 9.69 Å². The van der Waals surface area contributed by atoms with Crippen LogP contribution in [0.4, 0.5) is 5.82 Å². The van der Waals surface area contributed by atoms with Crippen LogP contribution in [0.15, 0.2) is 18.2 Å². The van der Waals surface area contributed by atoms with Crippen LogP contribution in [0.25, 0.3) is 21.9 Å². The van der Waals surface area contributed by atoms with E-state index in [1.807, 2.05) is 18.7 Å². The third-order valence-electron chi connectivity index (χ3n) is 7.87. The van der Waals surface area contributed by atoms with Gasteiger partial charge in [-0.25, -0.2) is 9.97 Å². The second kappa shape index (κ2) is 12.4. The number of piperazine rings is 1. The summed E-state index contributed by atoms with van der Waals surface area (Å²) in [6.45, 7) is 10.7. The molecule has 1 amide bonds. The van der Waals surface area contributed by atoms with Crippen molar-refractivity contribution in [2.45, 2.75) is 65.8 Å². The summed E-state index contributed by atoms with van der Waals surface area (Å²) in [5.74, 6) is 1.58. The number of nitrogens with two attached hydrogens (primary N) is 1. The van der Waals surface area contributed by atoms with Crippen LogP contribution in [0.1, 0.15) is 57.8 Å². The van der Waals surface area contributed by atoms with Crippen LogP contribution in [-0.4, -0.2) is 86.4 Å². The Morgan fingerprint density at radius 3 is 2.45 bits per heavy atom. The van der Waals surface area contributed by atoms with Gasteiger partial charge in [0.25, 0.3) is 0 Å². The van der Waals surface area contributed by atoms with Crippen molar-refractivity contribution < 1.29 is 15.0 Å². The zero-order valence-corrected chi connectivity index (χ0v) is 23.2. The number of amides is 1. The van der Waals surface area contributed by atoms with E-state index in [9.17, 15) is 15.0 Å². The van der Waals surface area contributed by atoms with Gasteiger partial charge in [0.05, 0.1) is 24.2 Å². The molecule has 3 aromatic rings. The van der Waals surface area contributed by atoms with E-state index < -0.39 is 5.41 Å². The molecule has 208 valence electrons. The highest BCUT2D eigenvalue weighted by Gasteiger charge is 2.27. The lowest BCUT2D eigenvalue weighted by molar-refractivity contribution is -0.132. The van der Waals surface area contributed by atoms with Crippen molar-refractivity contribution in [3.8, 4) is 0 Å². The number of aliphatic hydroxyl groups is 2. The number of hydrogen-bond donors (Lipinski definition) is 3. The number of nitrogen functional groups attached to an aromatic ring is 1. The average Bonchev–Trinajstić information content (AvgIpc) is 3.30. The molecule has 1 aliphatic rings. The largest absolute Gasteiger partial charge is 0.396 e. The second-order valence-electron chi connectivity index (χ2n) is 11.1. The van der Waals surface area contributed by atoms with Crippen LogP contribution in [0.2, 0.25) is 0 Å². The predicted octanol–water partition coefficient (Wildman–Crippen LogP) is 2.99. The second-order valence-corrected chi connectivity index (χ2v) is 11.1. The van der Waals surface area contributed by atoms with Crippen LogP contribution in [0.3, 0.4) is 0 Å². The number of fused-ring (bicyclic) bond motifs is 3. The summed E-state index contributed by atoms with van der Waals surface area (Å²) in [7, 11) is 0. The van der Waals surface area contributed by atoms with Crippen LogP contribution in [0.5, 0.6) is 0 Å². The first-order valence-electron chi connectivity index (χ1n) is 14.1. The lowest BCUT2D eigenvalue weighted by Gasteiger charge is -2.34. The maximum atomic E-state index is 11.9. The lowest BCUT2D eigenvalue weighted by Crippen LogP contribution is -2.48. The Hall–Kier alpha value is -2.75. The van der Waals surface area contributed by atoms with Gasteiger partial charge in [-0.15, -0.1) is 0 Å². The molecule has 1 fully saturated rings. The van der Waals surface area contributed by atoms with Crippen LogP contribution >= 0.6 is 0 Å². The monoisotopic (exact) mass is 524 g/mol. The molecule has 0 spiro atoms. The maximum Gasteiger partial charge on any atom is 0.222 e. The summed E-state index contributed by atoms with van der Waals surface area (Å²) in [4.78, 5) is 25.9. The Morgan fingerprint density at radius 1 is 1.05 bits per heavy atom. The van der Waals surface area contributed by atoms with E-state index in [0.29, 0.717) is 24.3 Å². The number of hydrogen-bond acceptors (Lipinski definition) is 7. The number of rotatable bonds is 12. The molecule has 1 saturated heterocycles. The molecule has 0 saturated carbocycles. The van der Waals surface area contributed by atoms with Crippen molar-refractivity contribution in [1.29, 1.82) is 0 Å². The Morgan fingerprint density at radius 2 is 1.79 bits per heavy atom. The highest BCUT2D eigenvalue weighted by molar-refractivity contribution is 6.06. The Kier molecular flexibility index (Phi) is 9.23. The van der Waals surface area contributed by atoms with Gasteiger partial charge in [0.1, 0.15) is 11.3 Å². The molecule has 0 aliphatic carbocycles. The number of benzene rings is 1. The summed E-state index contributed by atoms with van der Waals surface area (Å²) >= 11 is 0. The molecule has 1 aliphatic heterocycles. The number of imidazole rings is 1. The van der Waals surface area contributed by atoms with Crippen LogP contribution < -0.4 is 5.73 Å². The first kappa shape index (κ1) is 28.3. The maximum absolute atomic E-state index is 11.9. The average molecular weight is 525 g/mol. The number of carbonyl (C=O) groups excluding carboxylic acids is 1. The molecule has 2 aromatic heterocycles. The Balaban J connectivity index is 1.55. The topological polar surface area (TPSA) is 121 Å². The Bertz CT molecular complexity index is 1240. The third-order valence-corrected chi connectivity index (χ3v) is 7.87. The number of nitrogens with zero attached hydrogens (tertiary/aromatic N) is 5. The molecule has 0 radical (unpaired) electrons. The predicted molar refractivity (Wildman–Crippen MR) is 152 cm³/mol. The number of carbonyl (C=O) groups is 1. The first-order chi connectivity index (χ1) is 18.3. The zero-order valence-electron chi connectivity index (χ0n) is 23.2. The fourth-order valence-electron chi connectivity index (χ4n) is 5.34. The number of aliphatic hydroxyl groups excluding tert-OH is 2. The van der Waals surface area contributed by atoms with Gasteiger partial charge in [-0.1, -0.05) is 39.3 Å². The fourth-order valence-corrected chi connectivity index (χ4v) is 5.34. The number of pyridine rings is 1. The minimum atomic E-state index is -0.672. The van der Waals surface area contributed by atoms with E-state index in [0.717, 1.165) is 87.1 Å². The molecule has 9 heteroatoms. The number of unbranched alkanes of at least 4 members (excludes halogenated alkanes) is 1. The highest BCUT2D eigenvalue weighted by Crippen LogP contribution is 2.32. The van der Waals surface area contributed by atoms with Gasteiger partial charge in [0, 0.05) is 56.4 Å². The first-order valence-corrected chi connectivity index (χ1v) is 14.1. The van der Waals surface area contributed by atoms with Crippen molar-refractivity contribution >= 4 is 33.7 Å². The standard InChI is InChI=1S/C29H44N6O3/c1-4-6-9-24-32-26-27(35(24)18-29(3,19-36)20-37)22-11-10-21(17-23(22)31-28(26)30)8-7-12-33-13-15-34(16-14-33)25(38)5-2/h10-11,17,36-37H,4-9,12-16,18-20H2,1-3H3,(H2,30,31). The number of aryl methyl sites for hydroxylation is 2. The SMILES string of the molecule is CCCCc1nc2c(N)nc3cc(CCCN4CCN(C(=O)CC)CC4)ccc3c2n1CC(C)(CO)CO. The normalized spacial score (nSPS) is 15.1. The molecule has 0 bridgehead atoms. The van der Waals surface area contributed by atoms with Crippen molar-refractivity contribution in [3.63, 3.8) is 0 Å². The van der Waals surface area contributed by atoms with Crippen molar-refractivity contribution in [2.75, 3.05) is 51.7 Å². The van der Waals surface area contributed by atoms with E-state index >= 15 is 0 Å². The van der Waals surface area contributed by atoms with E-state index in [1.54, 1.807) is 0 Å². The quantitative estimate of drug-likeness (QED) is 0.333. The summed E-state index contributed by atoms with van der Waals surface area (Å²) in [6, 6.07) is 6.41. The van der Waals surface area contributed by atoms with Crippen molar-refractivity contribution in [3.05, 3.63) is 29.6 Å². The van der Waals surface area contributed by atoms with Crippen molar-refractivity contribution in [1.82, 2.24) is 24.3 Å².